The third kappa shape index (κ3) is 8.09. The molecule has 0 saturated heterocycles. The number of carbonyl (C=O) groups is 2. The molecule has 1 fully saturated rings. The summed E-state index contributed by atoms with van der Waals surface area (Å²) in [5, 5.41) is 3.97. The molecule has 0 heterocycles. The fourth-order valence-electron chi connectivity index (χ4n) is 5.21. The Labute approximate surface area is 237 Å². The Morgan fingerprint density at radius 1 is 0.923 bits per heavy atom. The Balaban J connectivity index is 1.61. The van der Waals surface area contributed by atoms with Gasteiger partial charge in [-0.15, -0.1) is 0 Å². The Morgan fingerprint density at radius 2 is 1.56 bits per heavy atom. The minimum absolute atomic E-state index is 0.107. The van der Waals surface area contributed by atoms with E-state index in [-0.39, 0.29) is 24.5 Å². The number of halogens is 1. The molecule has 1 atom stereocenters. The van der Waals surface area contributed by atoms with E-state index in [4.69, 9.17) is 16.3 Å². The predicted molar refractivity (Wildman–Crippen MR) is 157 cm³/mol. The van der Waals surface area contributed by atoms with Crippen molar-refractivity contribution in [2.75, 3.05) is 6.61 Å². The summed E-state index contributed by atoms with van der Waals surface area (Å²) in [4.78, 5) is 29.4. The van der Waals surface area contributed by atoms with Crippen LogP contribution < -0.4 is 10.1 Å². The van der Waals surface area contributed by atoms with Gasteiger partial charge in [0.1, 0.15) is 11.8 Å². The number of ether oxygens (including phenoxy) is 1. The van der Waals surface area contributed by atoms with E-state index in [2.05, 4.69) is 5.32 Å². The van der Waals surface area contributed by atoms with Gasteiger partial charge in [-0.1, -0.05) is 91.0 Å². The summed E-state index contributed by atoms with van der Waals surface area (Å²) in [7, 11) is 0. The second-order valence-electron chi connectivity index (χ2n) is 10.7. The van der Waals surface area contributed by atoms with E-state index in [9.17, 15) is 9.59 Å². The minimum Gasteiger partial charge on any atom is -0.484 e. The van der Waals surface area contributed by atoms with Crippen molar-refractivity contribution >= 4 is 23.4 Å². The third-order valence-electron chi connectivity index (χ3n) is 7.47. The molecule has 5 nitrogen and oxygen atoms in total. The molecule has 39 heavy (non-hydrogen) atoms. The molecule has 206 valence electrons. The number of amides is 2. The molecule has 6 heteroatoms. The van der Waals surface area contributed by atoms with Gasteiger partial charge >= 0.3 is 0 Å². The van der Waals surface area contributed by atoms with E-state index in [1.807, 2.05) is 87.5 Å². The SMILES string of the molecule is Cc1ccc(CN(C(=O)COc2cc(C)c(Cl)c(C)c2)[C@@H](Cc2ccccc2)C(=O)NC2CCCCC2)cc1. The highest BCUT2D eigenvalue weighted by molar-refractivity contribution is 6.32. The maximum Gasteiger partial charge on any atom is 0.261 e. The zero-order chi connectivity index (χ0) is 27.8. The minimum atomic E-state index is -0.666. The average Bonchev–Trinajstić information content (AvgIpc) is 2.94. The summed E-state index contributed by atoms with van der Waals surface area (Å²) in [5.74, 6) is 0.245. The van der Waals surface area contributed by atoms with Crippen molar-refractivity contribution in [3.8, 4) is 5.75 Å². The van der Waals surface area contributed by atoms with Crippen molar-refractivity contribution in [3.63, 3.8) is 0 Å². The molecular weight excluding hydrogens is 508 g/mol. The highest BCUT2D eigenvalue weighted by Gasteiger charge is 2.32. The molecule has 1 aliphatic rings. The van der Waals surface area contributed by atoms with Gasteiger partial charge < -0.3 is 15.0 Å². The van der Waals surface area contributed by atoms with Crippen molar-refractivity contribution in [2.24, 2.45) is 0 Å². The fraction of sp³-hybridized carbons (Fsp3) is 0.394. The summed E-state index contributed by atoms with van der Waals surface area (Å²) in [5.41, 5.74) is 4.90. The fourth-order valence-corrected chi connectivity index (χ4v) is 5.32. The van der Waals surface area contributed by atoms with Crippen molar-refractivity contribution in [2.45, 2.75) is 77.9 Å². The quantitative estimate of drug-likeness (QED) is 0.306. The highest BCUT2D eigenvalue weighted by Crippen LogP contribution is 2.26. The van der Waals surface area contributed by atoms with E-state index < -0.39 is 6.04 Å². The van der Waals surface area contributed by atoms with Gasteiger partial charge in [-0.2, -0.15) is 0 Å². The Bertz CT molecular complexity index is 1230. The molecule has 3 aromatic rings. The second-order valence-corrected chi connectivity index (χ2v) is 11.1. The van der Waals surface area contributed by atoms with Gasteiger partial charge in [0, 0.05) is 24.0 Å². The van der Waals surface area contributed by atoms with Crippen molar-refractivity contribution < 1.29 is 14.3 Å². The summed E-state index contributed by atoms with van der Waals surface area (Å²) < 4.78 is 5.97. The van der Waals surface area contributed by atoms with E-state index in [0.29, 0.717) is 23.7 Å². The highest BCUT2D eigenvalue weighted by atomic mass is 35.5. The average molecular weight is 547 g/mol. The normalized spacial score (nSPS) is 14.5. The van der Waals surface area contributed by atoms with Crippen molar-refractivity contribution in [1.29, 1.82) is 0 Å². The molecule has 1 N–H and O–H groups in total. The van der Waals surface area contributed by atoms with Crippen LogP contribution in [-0.4, -0.2) is 35.4 Å². The number of nitrogens with zero attached hydrogens (tertiary/aromatic N) is 1. The monoisotopic (exact) mass is 546 g/mol. The standard InChI is InChI=1S/C33H39ClN2O3/c1-23-14-16-27(17-15-23)21-36(31(37)22-39-29-18-24(2)32(34)25(3)19-29)30(20-26-10-6-4-7-11-26)33(38)35-28-12-8-5-9-13-28/h4,6-7,10-11,14-19,28,30H,5,8-9,12-13,20-22H2,1-3H3,(H,35,38)/t30-/m0/s1. The first-order chi connectivity index (χ1) is 18.8. The van der Waals surface area contributed by atoms with Crippen LogP contribution in [0.15, 0.2) is 66.7 Å². The van der Waals surface area contributed by atoms with Gasteiger partial charge in [-0.3, -0.25) is 9.59 Å². The smallest absolute Gasteiger partial charge is 0.261 e. The molecule has 0 spiro atoms. The van der Waals surface area contributed by atoms with Gasteiger partial charge in [0.25, 0.3) is 5.91 Å². The largest absolute Gasteiger partial charge is 0.484 e. The van der Waals surface area contributed by atoms with E-state index in [1.165, 1.54) is 6.42 Å². The molecular formula is C33H39ClN2O3. The van der Waals surface area contributed by atoms with Crippen LogP contribution in [-0.2, 0) is 22.6 Å². The molecule has 2 amide bonds. The number of hydrogen-bond donors (Lipinski definition) is 1. The number of carbonyl (C=O) groups excluding carboxylic acids is 2. The lowest BCUT2D eigenvalue weighted by Gasteiger charge is -2.33. The van der Waals surface area contributed by atoms with Crippen LogP contribution in [0.3, 0.4) is 0 Å². The third-order valence-corrected chi connectivity index (χ3v) is 8.06. The van der Waals surface area contributed by atoms with Crippen LogP contribution in [0.1, 0.15) is 59.9 Å². The summed E-state index contributed by atoms with van der Waals surface area (Å²) in [6, 6.07) is 21.1. The number of benzene rings is 3. The first kappa shape index (κ1) is 28.7. The zero-order valence-corrected chi connectivity index (χ0v) is 24.0. The Morgan fingerprint density at radius 3 is 2.21 bits per heavy atom. The molecule has 0 aromatic heterocycles. The Kier molecular flexibility index (Phi) is 10.0. The van der Waals surface area contributed by atoms with Gasteiger partial charge in [0.05, 0.1) is 0 Å². The number of nitrogens with one attached hydrogen (secondary N) is 1. The van der Waals surface area contributed by atoms with Crippen LogP contribution in [0.2, 0.25) is 5.02 Å². The lowest BCUT2D eigenvalue weighted by Crippen LogP contribution is -2.53. The Hall–Kier alpha value is -3.31. The lowest BCUT2D eigenvalue weighted by molar-refractivity contribution is -0.143. The van der Waals surface area contributed by atoms with Crippen LogP contribution in [0.4, 0.5) is 0 Å². The number of hydrogen-bond acceptors (Lipinski definition) is 3. The number of rotatable bonds is 10. The molecule has 4 rings (SSSR count). The molecule has 0 bridgehead atoms. The first-order valence-corrected chi connectivity index (χ1v) is 14.3. The first-order valence-electron chi connectivity index (χ1n) is 13.9. The molecule has 0 radical (unpaired) electrons. The lowest BCUT2D eigenvalue weighted by atomic mass is 9.94. The molecule has 1 aliphatic carbocycles. The van der Waals surface area contributed by atoms with Gasteiger partial charge in [0.2, 0.25) is 5.91 Å². The van der Waals surface area contributed by atoms with Gasteiger partial charge in [0.15, 0.2) is 6.61 Å². The predicted octanol–water partition coefficient (Wildman–Crippen LogP) is 6.73. The summed E-state index contributed by atoms with van der Waals surface area (Å²) in [6.07, 6.45) is 5.83. The summed E-state index contributed by atoms with van der Waals surface area (Å²) in [6.45, 7) is 6.01. The number of aryl methyl sites for hydroxylation is 3. The van der Waals surface area contributed by atoms with Crippen LogP contribution >= 0.6 is 11.6 Å². The van der Waals surface area contributed by atoms with Crippen LogP contribution in [0.5, 0.6) is 5.75 Å². The van der Waals surface area contributed by atoms with Crippen molar-refractivity contribution in [1.82, 2.24) is 10.2 Å². The molecule has 0 unspecified atom stereocenters. The van der Waals surface area contributed by atoms with E-state index in [0.717, 1.165) is 53.5 Å². The molecule has 1 saturated carbocycles. The van der Waals surface area contributed by atoms with Crippen molar-refractivity contribution in [3.05, 3.63) is 99.6 Å². The molecule has 3 aromatic carbocycles. The zero-order valence-electron chi connectivity index (χ0n) is 23.2. The van der Waals surface area contributed by atoms with Crippen LogP contribution in [0.25, 0.3) is 0 Å². The van der Waals surface area contributed by atoms with Gasteiger partial charge in [-0.05, 0) is 68.0 Å². The van der Waals surface area contributed by atoms with E-state index in [1.54, 1.807) is 4.90 Å². The summed E-state index contributed by atoms with van der Waals surface area (Å²) >= 11 is 6.32. The second kappa shape index (κ2) is 13.7. The topological polar surface area (TPSA) is 58.6 Å². The maximum atomic E-state index is 13.8. The van der Waals surface area contributed by atoms with Crippen LogP contribution in [0, 0.1) is 20.8 Å². The van der Waals surface area contributed by atoms with Gasteiger partial charge in [-0.25, -0.2) is 0 Å². The molecule has 0 aliphatic heterocycles. The van der Waals surface area contributed by atoms with E-state index >= 15 is 0 Å². The maximum absolute atomic E-state index is 13.8.